The molecule has 11 heteroatoms. The molecule has 0 amide bonds. The van der Waals surface area contributed by atoms with Gasteiger partial charge >= 0.3 is 7.60 Å². The van der Waals surface area contributed by atoms with Gasteiger partial charge in [0.1, 0.15) is 16.8 Å². The van der Waals surface area contributed by atoms with Gasteiger partial charge in [0.25, 0.3) is 5.69 Å². The molecule has 3 aromatic rings. The summed E-state index contributed by atoms with van der Waals surface area (Å²) >= 11 is 6.09. The number of nitrogens with zero attached hydrogens (tertiary/aromatic N) is 3. The number of halogens is 1. The Morgan fingerprint density at radius 2 is 1.58 bits per heavy atom. The highest BCUT2D eigenvalue weighted by Crippen LogP contribution is 2.65. The molecule has 38 heavy (non-hydrogen) atoms. The summed E-state index contributed by atoms with van der Waals surface area (Å²) in [6.07, 6.45) is 3.55. The zero-order valence-electron chi connectivity index (χ0n) is 20.5. The first-order valence-corrected chi connectivity index (χ1v) is 13.6. The van der Waals surface area contributed by atoms with Crippen molar-refractivity contribution in [2.75, 3.05) is 13.2 Å². The second-order valence-electron chi connectivity index (χ2n) is 9.56. The summed E-state index contributed by atoms with van der Waals surface area (Å²) in [4.78, 5) is 10.3. The van der Waals surface area contributed by atoms with Crippen molar-refractivity contribution in [3.05, 3.63) is 105 Å². The molecular weight excluding hydrogens is 529 g/mol. The Morgan fingerprint density at radius 3 is 2.24 bits per heavy atom. The molecule has 0 spiro atoms. The average Bonchev–Trinajstić information content (AvgIpc) is 2.91. The van der Waals surface area contributed by atoms with Gasteiger partial charge in [-0.2, -0.15) is 10.2 Å². The predicted octanol–water partition coefficient (Wildman–Crippen LogP) is 8.70. The molecule has 0 aliphatic carbocycles. The van der Waals surface area contributed by atoms with E-state index in [-0.39, 0.29) is 24.3 Å². The number of hydrogen-bond acceptors (Lipinski definition) is 8. The monoisotopic (exact) mass is 551 g/mol. The van der Waals surface area contributed by atoms with Gasteiger partial charge in [-0.1, -0.05) is 37.6 Å². The predicted molar refractivity (Wildman–Crippen MR) is 145 cm³/mol. The molecule has 1 saturated heterocycles. The number of hydrogen-bond donors (Lipinski definition) is 0. The van der Waals surface area contributed by atoms with Crippen LogP contribution in [-0.2, 0) is 13.6 Å². The highest BCUT2D eigenvalue weighted by Gasteiger charge is 2.42. The Kier molecular flexibility index (Phi) is 7.03. The highest BCUT2D eigenvalue weighted by atomic mass is 35.5. The molecule has 194 valence electrons. The second-order valence-corrected chi connectivity index (χ2v) is 12.0. The number of azo groups is 1. The van der Waals surface area contributed by atoms with Crippen LogP contribution in [0.5, 0.6) is 5.75 Å². The molecule has 3 aromatic carbocycles. The quantitative estimate of drug-likeness (QED) is 0.136. The van der Waals surface area contributed by atoms with Crippen LogP contribution in [0.1, 0.15) is 25.0 Å². The van der Waals surface area contributed by atoms with Gasteiger partial charge < -0.3 is 13.8 Å². The van der Waals surface area contributed by atoms with Crippen LogP contribution in [0.15, 0.2) is 88.8 Å². The summed E-state index contributed by atoms with van der Waals surface area (Å²) in [6.45, 7) is 4.51. The molecule has 0 unspecified atom stereocenters. The maximum Gasteiger partial charge on any atom is 0.365 e. The van der Waals surface area contributed by atoms with Crippen LogP contribution in [-0.4, -0.2) is 18.1 Å². The fourth-order valence-electron chi connectivity index (χ4n) is 3.79. The summed E-state index contributed by atoms with van der Waals surface area (Å²) in [5.41, 5.74) is 2.13. The Bertz CT molecular complexity index is 1520. The molecule has 0 N–H and O–H groups in total. The van der Waals surface area contributed by atoms with Gasteiger partial charge in [0.2, 0.25) is 0 Å². The molecule has 9 nitrogen and oxygen atoms in total. The van der Waals surface area contributed by atoms with Crippen molar-refractivity contribution in [2.45, 2.75) is 13.8 Å². The number of ether oxygens (including phenoxy) is 1. The maximum atomic E-state index is 13.9. The molecule has 0 aromatic heterocycles. The minimum atomic E-state index is -3.70. The lowest BCUT2D eigenvalue weighted by Crippen LogP contribution is -2.29. The van der Waals surface area contributed by atoms with Crippen LogP contribution in [0, 0.1) is 15.5 Å². The standard InChI is InChI=1S/C27H23ClN3O6P/c1-27(2)16-35-38(34,36-17-27)26(18-3-6-20(28)7-4-18)25-13-5-19-15-22(10-14-24(19)37-25)30-29-21-8-11-23(12-9-21)31(32)33/h3-15H,16-17H2,1-2H3/b26-25-,30-29?. The number of rotatable bonds is 5. The number of allylic oxidation sites excluding steroid dienone is 1. The van der Waals surface area contributed by atoms with Crippen LogP contribution in [0.25, 0.3) is 11.4 Å². The molecule has 0 atom stereocenters. The SMILES string of the molecule is CC1(C)COP(=O)(/C(=C2/C=Cc3cc(N=Nc4ccc([N+](=O)[O-])cc4)ccc3O2)c2ccc(Cl)cc2)OC1. The average molecular weight is 552 g/mol. The van der Waals surface area contributed by atoms with E-state index >= 15 is 0 Å². The first-order valence-electron chi connectivity index (χ1n) is 11.7. The zero-order chi connectivity index (χ0) is 26.9. The van der Waals surface area contributed by atoms with Crippen LogP contribution in [0.3, 0.4) is 0 Å². The van der Waals surface area contributed by atoms with Gasteiger partial charge in [-0.3, -0.25) is 14.7 Å². The molecule has 1 fully saturated rings. The van der Waals surface area contributed by atoms with Gasteiger partial charge in [0.05, 0.1) is 29.5 Å². The van der Waals surface area contributed by atoms with Crippen molar-refractivity contribution in [1.82, 2.24) is 0 Å². The molecule has 0 saturated carbocycles. The Labute approximate surface area is 224 Å². The lowest BCUT2D eigenvalue weighted by atomic mass is 9.97. The topological polar surface area (TPSA) is 113 Å². The van der Waals surface area contributed by atoms with Gasteiger partial charge in [-0.25, -0.2) is 0 Å². The number of nitro groups is 1. The van der Waals surface area contributed by atoms with E-state index in [9.17, 15) is 14.7 Å². The van der Waals surface area contributed by atoms with Crippen molar-refractivity contribution in [1.29, 1.82) is 0 Å². The lowest BCUT2D eigenvalue weighted by Gasteiger charge is -2.35. The summed E-state index contributed by atoms with van der Waals surface area (Å²) < 4.78 is 31.8. The third-order valence-corrected chi connectivity index (χ3v) is 8.06. The van der Waals surface area contributed by atoms with E-state index in [4.69, 9.17) is 25.4 Å². The van der Waals surface area contributed by atoms with Crippen molar-refractivity contribution < 1.29 is 23.3 Å². The van der Waals surface area contributed by atoms with Gasteiger partial charge in [-0.15, -0.1) is 0 Å². The molecule has 0 radical (unpaired) electrons. The van der Waals surface area contributed by atoms with E-state index in [0.717, 1.165) is 5.56 Å². The molecule has 5 rings (SSSR count). The Balaban J connectivity index is 1.45. The van der Waals surface area contributed by atoms with Gasteiger partial charge in [0.15, 0.2) is 0 Å². The van der Waals surface area contributed by atoms with Gasteiger partial charge in [0, 0.05) is 28.1 Å². The summed E-state index contributed by atoms with van der Waals surface area (Å²) in [7, 11) is -3.70. The van der Waals surface area contributed by atoms with E-state index in [2.05, 4.69) is 10.2 Å². The molecule has 0 bridgehead atoms. The van der Waals surface area contributed by atoms with Crippen molar-refractivity contribution >= 4 is 47.6 Å². The third kappa shape index (κ3) is 5.61. The van der Waals surface area contributed by atoms with E-state index < -0.39 is 12.5 Å². The fourth-order valence-corrected chi connectivity index (χ4v) is 6.15. The van der Waals surface area contributed by atoms with E-state index in [0.29, 0.717) is 38.8 Å². The second kappa shape index (κ2) is 10.3. The number of fused-ring (bicyclic) bond motifs is 1. The van der Waals surface area contributed by atoms with Crippen molar-refractivity contribution in [3.8, 4) is 5.75 Å². The number of benzene rings is 3. The molecule has 2 aliphatic heterocycles. The highest BCUT2D eigenvalue weighted by molar-refractivity contribution is 7.65. The summed E-state index contributed by atoms with van der Waals surface area (Å²) in [5, 5.41) is 20.1. The summed E-state index contributed by atoms with van der Waals surface area (Å²) in [6, 6.07) is 18.0. The fraction of sp³-hybridized carbons (Fsp3) is 0.185. The smallest absolute Gasteiger partial charge is 0.365 e. The molecule has 2 heterocycles. The third-order valence-electron chi connectivity index (χ3n) is 5.84. The zero-order valence-corrected chi connectivity index (χ0v) is 22.2. The normalized spacial score (nSPS) is 19.0. The van der Waals surface area contributed by atoms with Crippen LogP contribution in [0.4, 0.5) is 17.1 Å². The Hall–Kier alpha value is -3.62. The number of non-ortho nitro benzene ring substituents is 1. The molecule has 2 aliphatic rings. The van der Waals surface area contributed by atoms with Crippen LogP contribution < -0.4 is 4.74 Å². The molecular formula is C27H23ClN3O6P. The first-order chi connectivity index (χ1) is 18.1. The van der Waals surface area contributed by atoms with Crippen LogP contribution >= 0.6 is 19.2 Å². The summed E-state index contributed by atoms with van der Waals surface area (Å²) in [5.74, 6) is 0.885. The first kappa shape index (κ1) is 26.0. The van der Waals surface area contributed by atoms with E-state index in [1.54, 1.807) is 48.5 Å². The van der Waals surface area contributed by atoms with Gasteiger partial charge in [-0.05, 0) is 60.2 Å². The maximum absolute atomic E-state index is 13.9. The van der Waals surface area contributed by atoms with Crippen molar-refractivity contribution in [2.24, 2.45) is 15.6 Å². The lowest BCUT2D eigenvalue weighted by molar-refractivity contribution is -0.384. The Morgan fingerprint density at radius 1 is 0.947 bits per heavy atom. The van der Waals surface area contributed by atoms with Crippen LogP contribution in [0.2, 0.25) is 5.02 Å². The minimum Gasteiger partial charge on any atom is -0.456 e. The van der Waals surface area contributed by atoms with E-state index in [1.165, 1.54) is 24.3 Å². The largest absolute Gasteiger partial charge is 0.456 e. The minimum absolute atomic E-state index is 0.0168. The van der Waals surface area contributed by atoms with Crippen molar-refractivity contribution in [3.63, 3.8) is 0 Å². The van der Waals surface area contributed by atoms with E-state index in [1.807, 2.05) is 19.9 Å². The number of nitro benzene ring substituents is 1.